The number of amides is 1. The molecule has 0 aliphatic heterocycles. The van der Waals surface area contributed by atoms with Crippen LogP contribution in [0, 0.1) is 10.1 Å². The molecule has 0 spiro atoms. The molecule has 0 fully saturated rings. The largest absolute Gasteiger partial charge is 0.495 e. The van der Waals surface area contributed by atoms with Crippen molar-refractivity contribution in [3.8, 4) is 5.75 Å². The van der Waals surface area contributed by atoms with E-state index in [-0.39, 0.29) is 10.8 Å². The van der Waals surface area contributed by atoms with Gasteiger partial charge in [-0.1, -0.05) is 35.6 Å². The molecule has 0 saturated carbocycles. The van der Waals surface area contributed by atoms with Gasteiger partial charge in [0.25, 0.3) is 11.6 Å². The molecule has 0 radical (unpaired) electrons. The van der Waals surface area contributed by atoms with Gasteiger partial charge in [-0.3, -0.25) is 20.2 Å². The summed E-state index contributed by atoms with van der Waals surface area (Å²) in [5, 5.41) is 18.7. The van der Waals surface area contributed by atoms with E-state index in [2.05, 4.69) is 31.5 Å². The van der Waals surface area contributed by atoms with Crippen LogP contribution in [0.15, 0.2) is 53.0 Å². The van der Waals surface area contributed by atoms with Gasteiger partial charge in [-0.2, -0.15) is 0 Å². The highest BCUT2D eigenvalue weighted by Gasteiger charge is 2.19. The second-order valence-corrected chi connectivity index (χ2v) is 8.56. The summed E-state index contributed by atoms with van der Waals surface area (Å²) in [6.45, 7) is 0. The molecule has 11 heteroatoms. The minimum Gasteiger partial charge on any atom is -0.495 e. The number of anilines is 1. The Hall–Kier alpha value is -3.15. The molecule has 4 aromatic rings. The summed E-state index contributed by atoms with van der Waals surface area (Å²) < 4.78 is 6.74. The van der Waals surface area contributed by atoms with Crippen molar-refractivity contribution in [1.29, 1.82) is 0 Å². The van der Waals surface area contributed by atoms with Gasteiger partial charge in [0.15, 0.2) is 10.2 Å². The Kier molecular flexibility index (Phi) is 5.81. The summed E-state index contributed by atoms with van der Waals surface area (Å²) in [5.74, 6) is -0.0520. The van der Waals surface area contributed by atoms with Crippen LogP contribution in [0.2, 0.25) is 0 Å². The van der Waals surface area contributed by atoms with Gasteiger partial charge in [0.1, 0.15) is 5.75 Å². The van der Waals surface area contributed by atoms with E-state index in [9.17, 15) is 14.9 Å². The molecule has 3 aromatic carbocycles. The highest BCUT2D eigenvalue weighted by molar-refractivity contribution is 9.10. The Morgan fingerprint density at radius 2 is 2.03 bits per heavy atom. The molecule has 1 amide bonds. The number of thiazole rings is 1. The van der Waals surface area contributed by atoms with Gasteiger partial charge in [-0.15, -0.1) is 0 Å². The van der Waals surface area contributed by atoms with Crippen LogP contribution in [-0.2, 0) is 0 Å². The molecule has 0 saturated heterocycles. The molecule has 0 unspecified atom stereocenters. The first-order chi connectivity index (χ1) is 14.9. The minimum atomic E-state index is -0.466. The van der Waals surface area contributed by atoms with Gasteiger partial charge in [-0.05, 0) is 51.1 Å². The monoisotopic (exact) mass is 516 g/mol. The third-order valence-corrected chi connectivity index (χ3v) is 6.35. The Morgan fingerprint density at radius 3 is 2.77 bits per heavy atom. The fourth-order valence-corrected chi connectivity index (χ4v) is 4.93. The Balaban J connectivity index is 1.56. The molecule has 4 rings (SSSR count). The molecule has 0 atom stereocenters. The number of aromatic nitrogens is 1. The lowest BCUT2D eigenvalue weighted by Gasteiger charge is -2.14. The topological polar surface area (TPSA) is 106 Å². The summed E-state index contributed by atoms with van der Waals surface area (Å²) in [7, 11) is 1.49. The van der Waals surface area contributed by atoms with Crippen molar-refractivity contribution >= 4 is 82.3 Å². The summed E-state index contributed by atoms with van der Waals surface area (Å²) in [6.07, 6.45) is 0. The number of rotatable bonds is 4. The molecule has 1 aromatic heterocycles. The van der Waals surface area contributed by atoms with Crippen LogP contribution < -0.4 is 15.4 Å². The van der Waals surface area contributed by atoms with Crippen LogP contribution in [0.4, 0.5) is 10.8 Å². The van der Waals surface area contributed by atoms with Crippen molar-refractivity contribution in [1.82, 2.24) is 10.3 Å². The van der Waals surface area contributed by atoms with Gasteiger partial charge >= 0.3 is 0 Å². The third-order valence-electron chi connectivity index (χ3n) is 4.42. The number of benzene rings is 3. The van der Waals surface area contributed by atoms with E-state index in [0.717, 1.165) is 10.8 Å². The Labute approximate surface area is 193 Å². The van der Waals surface area contributed by atoms with Crippen molar-refractivity contribution in [2.24, 2.45) is 0 Å². The molecule has 0 aliphatic carbocycles. The predicted molar refractivity (Wildman–Crippen MR) is 128 cm³/mol. The van der Waals surface area contributed by atoms with E-state index in [1.54, 1.807) is 12.1 Å². The van der Waals surface area contributed by atoms with Crippen LogP contribution in [-0.4, -0.2) is 28.0 Å². The first kappa shape index (κ1) is 21.1. The number of nitro benzene ring substituents is 1. The van der Waals surface area contributed by atoms with Crippen LogP contribution in [0.25, 0.3) is 21.0 Å². The molecule has 2 N–H and O–H groups in total. The summed E-state index contributed by atoms with van der Waals surface area (Å²) >= 11 is 9.96. The number of nitrogens with zero attached hydrogens (tertiary/aromatic N) is 2. The van der Waals surface area contributed by atoms with Crippen molar-refractivity contribution in [3.05, 3.63) is 68.7 Å². The summed E-state index contributed by atoms with van der Waals surface area (Å²) in [6, 6.07) is 13.7. The Morgan fingerprint density at radius 1 is 1.26 bits per heavy atom. The molecule has 0 bridgehead atoms. The van der Waals surface area contributed by atoms with Crippen molar-refractivity contribution < 1.29 is 14.5 Å². The van der Waals surface area contributed by atoms with Crippen LogP contribution in [0.1, 0.15) is 10.4 Å². The lowest BCUT2D eigenvalue weighted by Crippen LogP contribution is -2.34. The van der Waals surface area contributed by atoms with Gasteiger partial charge in [0, 0.05) is 12.1 Å². The lowest BCUT2D eigenvalue weighted by atomic mass is 10.1. The zero-order valence-corrected chi connectivity index (χ0v) is 19.1. The fraction of sp³-hybridized carbons (Fsp3) is 0.0500. The number of hydrogen-bond acceptors (Lipinski definition) is 7. The zero-order chi connectivity index (χ0) is 22.1. The number of ether oxygens (including phenoxy) is 1. The zero-order valence-electron chi connectivity index (χ0n) is 15.8. The number of carbonyl (C=O) groups is 1. The van der Waals surface area contributed by atoms with Crippen LogP contribution >= 0.6 is 39.5 Å². The van der Waals surface area contributed by atoms with E-state index < -0.39 is 10.8 Å². The lowest BCUT2D eigenvalue weighted by molar-refractivity contribution is -0.384. The number of non-ortho nitro benzene ring substituents is 1. The van der Waals surface area contributed by atoms with Gasteiger partial charge in [0.2, 0.25) is 0 Å². The highest BCUT2D eigenvalue weighted by atomic mass is 79.9. The van der Waals surface area contributed by atoms with Gasteiger partial charge in [-0.25, -0.2) is 4.98 Å². The average molecular weight is 517 g/mol. The highest BCUT2D eigenvalue weighted by Crippen LogP contribution is 2.36. The van der Waals surface area contributed by atoms with E-state index in [0.29, 0.717) is 31.1 Å². The number of hydrogen-bond donors (Lipinski definition) is 2. The van der Waals surface area contributed by atoms with Gasteiger partial charge in [0.05, 0.1) is 32.3 Å². The van der Waals surface area contributed by atoms with Crippen molar-refractivity contribution in [2.75, 3.05) is 12.4 Å². The molecule has 156 valence electrons. The van der Waals surface area contributed by atoms with Crippen molar-refractivity contribution in [3.63, 3.8) is 0 Å². The normalized spacial score (nSPS) is 10.8. The van der Waals surface area contributed by atoms with Gasteiger partial charge < -0.3 is 10.1 Å². The molecular weight excluding hydrogens is 504 g/mol. The standard InChI is InChI=1S/C20H13BrN4O4S2/c1-29-17-13(8-10-4-2-3-5-12(10)16(17)21)18(26)23-19(30)24-20-22-14-7-6-11(25(27)28)9-15(14)31-20/h2-9H,1H3,(H2,22,23,24,26,30). The average Bonchev–Trinajstić information content (AvgIpc) is 3.14. The molecule has 1 heterocycles. The fourth-order valence-electron chi connectivity index (χ4n) is 3.03. The molecule has 8 nitrogen and oxygen atoms in total. The third kappa shape index (κ3) is 4.20. The van der Waals surface area contributed by atoms with Crippen LogP contribution in [0.5, 0.6) is 5.75 Å². The molecule has 31 heavy (non-hydrogen) atoms. The van der Waals surface area contributed by atoms with Crippen LogP contribution in [0.3, 0.4) is 0 Å². The maximum Gasteiger partial charge on any atom is 0.270 e. The smallest absolute Gasteiger partial charge is 0.270 e. The number of methoxy groups -OCH3 is 1. The SMILES string of the molecule is COc1c(C(=O)NC(=S)Nc2nc3ccc([N+](=O)[O-])cc3s2)cc2ccccc2c1Br. The maximum absolute atomic E-state index is 12.9. The van der Waals surface area contributed by atoms with E-state index in [1.807, 2.05) is 24.3 Å². The van der Waals surface area contributed by atoms with Crippen molar-refractivity contribution in [2.45, 2.75) is 0 Å². The second-order valence-electron chi connectivity index (χ2n) is 6.33. The summed E-state index contributed by atoms with van der Waals surface area (Å²) in [4.78, 5) is 27.7. The maximum atomic E-state index is 12.9. The number of thiocarbonyl (C=S) groups is 1. The number of nitro groups is 1. The Bertz CT molecular complexity index is 1370. The number of halogens is 1. The molecular formula is C20H13BrN4O4S2. The minimum absolute atomic E-state index is 0.0208. The van der Waals surface area contributed by atoms with E-state index >= 15 is 0 Å². The first-order valence-electron chi connectivity index (χ1n) is 8.80. The number of nitrogens with one attached hydrogen (secondary N) is 2. The summed E-state index contributed by atoms with van der Waals surface area (Å²) in [5.41, 5.74) is 0.886. The quantitative estimate of drug-likeness (QED) is 0.216. The molecule has 0 aliphatic rings. The van der Waals surface area contributed by atoms with E-state index in [1.165, 1.54) is 30.6 Å². The first-order valence-corrected chi connectivity index (χ1v) is 10.8. The second kappa shape index (κ2) is 8.53. The van der Waals surface area contributed by atoms with E-state index in [4.69, 9.17) is 17.0 Å². The number of fused-ring (bicyclic) bond motifs is 2. The predicted octanol–water partition coefficient (Wildman–Crippen LogP) is 5.26. The number of carbonyl (C=O) groups excluding carboxylic acids is 1.